The van der Waals surface area contributed by atoms with Crippen LogP contribution in [0.25, 0.3) is 16.7 Å². The Kier molecular flexibility index (Phi) is 9.27. The normalized spacial score (nSPS) is 12.1. The number of halogens is 2. The van der Waals surface area contributed by atoms with Crippen LogP contribution >= 0.6 is 27.5 Å². The molecule has 218 valence electrons. The number of fused-ring (bicyclic) bond motifs is 1. The van der Waals surface area contributed by atoms with Gasteiger partial charge in [-0.3, -0.25) is 13.7 Å². The lowest BCUT2D eigenvalue weighted by molar-refractivity contribution is -0.152. The van der Waals surface area contributed by atoms with Gasteiger partial charge in [0.1, 0.15) is 18.0 Å². The predicted octanol–water partition coefficient (Wildman–Crippen LogP) is 5.35. The fourth-order valence-corrected chi connectivity index (χ4v) is 6.60. The van der Waals surface area contributed by atoms with Gasteiger partial charge in [-0.2, -0.15) is 0 Å². The molecular weight excluding hydrogens is 632 g/mol. The molecule has 0 aliphatic heterocycles. The Balaban J connectivity index is 1.68. The average molecular weight is 664 g/mol. The molecule has 13 heteroatoms. The molecule has 0 atom stereocenters. The zero-order chi connectivity index (χ0) is 29.9. The molecule has 0 fully saturated rings. The number of ether oxygens (including phenoxy) is 1. The van der Waals surface area contributed by atoms with E-state index in [1.807, 2.05) is 43.1 Å². The van der Waals surface area contributed by atoms with Crippen LogP contribution in [0.3, 0.4) is 0 Å². The molecule has 41 heavy (non-hydrogen) atoms. The average Bonchev–Trinajstić information content (AvgIpc) is 3.29. The van der Waals surface area contributed by atoms with Gasteiger partial charge < -0.3 is 15.0 Å². The number of nitrogens with zero attached hydrogens (tertiary/aromatic N) is 5. The zero-order valence-corrected chi connectivity index (χ0v) is 26.6. The Bertz CT molecular complexity index is 1630. The summed E-state index contributed by atoms with van der Waals surface area (Å²) in [4.78, 5) is 14.9. The molecule has 0 spiro atoms. The molecule has 1 N–H and O–H groups in total. The molecule has 10 nitrogen and oxygen atoms in total. The lowest BCUT2D eigenvalue weighted by Crippen LogP contribution is -2.39. The first-order valence-corrected chi connectivity index (χ1v) is 15.4. The van der Waals surface area contributed by atoms with Crippen LogP contribution in [0, 0.1) is 0 Å². The number of hydrogen-bond donors (Lipinski definition) is 1. The fraction of sp³-hybridized carbons (Fsp3) is 0.321. The standard InChI is InChI=1S/C28H32BrClN6O4S/c1-28(2,3)40-27(37)18-36(41(38,39)23-16-20(29)15-21(30)17-23)22-6-7-24-19(14-22)10-12-35(24)26-9-8-25(32-33-26)31-11-13-34(4)5/h6-10,12,14-17H,11,13,18H2,1-5H3,(H,31,32). The maximum atomic E-state index is 13.9. The lowest BCUT2D eigenvalue weighted by Gasteiger charge is -2.26. The fourth-order valence-electron chi connectivity index (χ4n) is 4.05. The highest BCUT2D eigenvalue weighted by atomic mass is 79.9. The van der Waals surface area contributed by atoms with Crippen molar-refractivity contribution in [3.8, 4) is 5.82 Å². The number of carbonyl (C=O) groups excluding carboxylic acids is 1. The van der Waals surface area contributed by atoms with Crippen molar-refractivity contribution < 1.29 is 17.9 Å². The van der Waals surface area contributed by atoms with Gasteiger partial charge in [-0.15, -0.1) is 10.2 Å². The minimum Gasteiger partial charge on any atom is -0.459 e. The molecule has 0 saturated heterocycles. The van der Waals surface area contributed by atoms with Gasteiger partial charge >= 0.3 is 5.97 Å². The van der Waals surface area contributed by atoms with Gasteiger partial charge in [-0.25, -0.2) is 8.42 Å². The molecule has 0 saturated carbocycles. The van der Waals surface area contributed by atoms with E-state index >= 15 is 0 Å². The maximum absolute atomic E-state index is 13.9. The van der Waals surface area contributed by atoms with E-state index in [1.54, 1.807) is 45.0 Å². The van der Waals surface area contributed by atoms with Crippen LogP contribution < -0.4 is 9.62 Å². The summed E-state index contributed by atoms with van der Waals surface area (Å²) in [6.07, 6.45) is 1.83. The quantitative estimate of drug-likeness (QED) is 0.226. The Morgan fingerprint density at radius 2 is 1.83 bits per heavy atom. The second-order valence-electron chi connectivity index (χ2n) is 10.6. The van der Waals surface area contributed by atoms with Crippen LogP contribution in [0.1, 0.15) is 20.8 Å². The largest absolute Gasteiger partial charge is 0.459 e. The van der Waals surface area contributed by atoms with E-state index in [2.05, 4.69) is 36.3 Å². The summed E-state index contributed by atoms with van der Waals surface area (Å²) in [7, 11) is -0.200. The number of sulfonamides is 1. The molecule has 2 aromatic carbocycles. The summed E-state index contributed by atoms with van der Waals surface area (Å²) in [5.41, 5.74) is 0.297. The van der Waals surface area contributed by atoms with E-state index in [-0.39, 0.29) is 9.92 Å². The first kappa shape index (κ1) is 30.8. The number of anilines is 2. The minimum absolute atomic E-state index is 0.0624. The smallest absolute Gasteiger partial charge is 0.327 e. The summed E-state index contributed by atoms with van der Waals surface area (Å²) in [6.45, 7) is 6.25. The Labute approximate surface area is 253 Å². The van der Waals surface area contributed by atoms with Gasteiger partial charge in [0.25, 0.3) is 10.0 Å². The molecule has 4 aromatic rings. The number of esters is 1. The number of rotatable bonds is 10. The molecule has 0 aliphatic rings. The number of aromatic nitrogens is 3. The second kappa shape index (κ2) is 12.4. The van der Waals surface area contributed by atoms with E-state index in [1.165, 1.54) is 12.1 Å². The van der Waals surface area contributed by atoms with E-state index in [9.17, 15) is 13.2 Å². The summed E-state index contributed by atoms with van der Waals surface area (Å²) < 4.78 is 36.5. The molecule has 0 amide bonds. The number of carbonyl (C=O) groups is 1. The molecule has 2 heterocycles. The highest BCUT2D eigenvalue weighted by Crippen LogP contribution is 2.31. The predicted molar refractivity (Wildman–Crippen MR) is 165 cm³/mol. The molecule has 2 aromatic heterocycles. The summed E-state index contributed by atoms with van der Waals surface area (Å²) in [6, 6.07) is 15.1. The van der Waals surface area contributed by atoms with Crippen molar-refractivity contribution in [2.24, 2.45) is 0 Å². The van der Waals surface area contributed by atoms with Crippen molar-refractivity contribution >= 4 is 65.9 Å². The van der Waals surface area contributed by atoms with Crippen LogP contribution in [0.2, 0.25) is 5.02 Å². The van der Waals surface area contributed by atoms with Crippen LogP contribution in [0.4, 0.5) is 11.5 Å². The van der Waals surface area contributed by atoms with E-state index in [0.29, 0.717) is 21.8 Å². The van der Waals surface area contributed by atoms with E-state index in [0.717, 1.165) is 28.3 Å². The summed E-state index contributed by atoms with van der Waals surface area (Å²) in [5, 5.41) is 12.8. The highest BCUT2D eigenvalue weighted by molar-refractivity contribution is 9.10. The van der Waals surface area contributed by atoms with Crippen molar-refractivity contribution in [1.82, 2.24) is 19.7 Å². The van der Waals surface area contributed by atoms with E-state index < -0.39 is 28.1 Å². The van der Waals surface area contributed by atoms with Crippen LogP contribution in [-0.4, -0.2) is 73.4 Å². The van der Waals surface area contributed by atoms with Gasteiger partial charge in [-0.1, -0.05) is 27.5 Å². The monoisotopic (exact) mass is 662 g/mol. The van der Waals surface area contributed by atoms with Crippen molar-refractivity contribution in [2.75, 3.05) is 43.4 Å². The minimum atomic E-state index is -4.20. The summed E-state index contributed by atoms with van der Waals surface area (Å²) >= 11 is 9.46. The Hall–Kier alpha value is -3.19. The molecular formula is C28H32BrClN6O4S. The van der Waals surface area contributed by atoms with Crippen molar-refractivity contribution in [2.45, 2.75) is 31.3 Å². The van der Waals surface area contributed by atoms with Crippen LogP contribution in [0.15, 0.2) is 70.2 Å². The topological polar surface area (TPSA) is 110 Å². The van der Waals surface area contributed by atoms with Gasteiger partial charge in [0, 0.05) is 34.2 Å². The van der Waals surface area contributed by atoms with Crippen LogP contribution in [0.5, 0.6) is 0 Å². The van der Waals surface area contributed by atoms with Crippen molar-refractivity contribution in [1.29, 1.82) is 0 Å². The third-order valence-corrected chi connectivity index (χ3v) is 8.27. The van der Waals surface area contributed by atoms with Gasteiger partial charge in [0.15, 0.2) is 5.82 Å². The number of likely N-dealkylation sites (N-methyl/N-ethyl adjacent to an activating group) is 1. The molecule has 0 unspecified atom stereocenters. The van der Waals surface area contributed by atoms with Crippen molar-refractivity contribution in [3.05, 3.63) is 70.3 Å². The first-order valence-electron chi connectivity index (χ1n) is 12.8. The second-order valence-corrected chi connectivity index (χ2v) is 13.9. The molecule has 0 aliphatic carbocycles. The Morgan fingerprint density at radius 1 is 1.07 bits per heavy atom. The lowest BCUT2D eigenvalue weighted by atomic mass is 10.2. The van der Waals surface area contributed by atoms with Crippen molar-refractivity contribution in [3.63, 3.8) is 0 Å². The number of benzene rings is 2. The van der Waals surface area contributed by atoms with Gasteiger partial charge in [-0.05, 0) is 89.5 Å². The SMILES string of the molecule is CN(C)CCNc1ccc(-n2ccc3cc(N(CC(=O)OC(C)(C)C)S(=O)(=O)c4cc(Cl)cc(Br)c4)ccc32)nn1. The molecule has 0 bridgehead atoms. The Morgan fingerprint density at radius 3 is 2.46 bits per heavy atom. The summed E-state index contributed by atoms with van der Waals surface area (Å²) in [5.74, 6) is 0.590. The van der Waals surface area contributed by atoms with Gasteiger partial charge in [0.2, 0.25) is 0 Å². The maximum Gasteiger partial charge on any atom is 0.327 e. The van der Waals surface area contributed by atoms with Gasteiger partial charge in [0.05, 0.1) is 16.1 Å². The molecule has 0 radical (unpaired) electrons. The zero-order valence-electron chi connectivity index (χ0n) is 23.4. The third-order valence-electron chi connectivity index (χ3n) is 5.84. The number of nitrogens with one attached hydrogen (secondary N) is 1. The van der Waals surface area contributed by atoms with E-state index in [4.69, 9.17) is 16.3 Å². The first-order chi connectivity index (χ1) is 19.2. The van der Waals surface area contributed by atoms with Crippen LogP contribution in [-0.2, 0) is 19.6 Å². The number of hydrogen-bond acceptors (Lipinski definition) is 8. The highest BCUT2D eigenvalue weighted by Gasteiger charge is 2.30. The third kappa shape index (κ3) is 7.76. The molecule has 4 rings (SSSR count).